The van der Waals surface area contributed by atoms with Crippen LogP contribution < -0.4 is 15.0 Å². The number of ether oxygens (including phenoxy) is 1. The molecule has 1 N–H and O–H groups in total. The molecule has 0 radical (unpaired) electrons. The van der Waals surface area contributed by atoms with Crippen LogP contribution in [-0.4, -0.2) is 23.9 Å². The second-order valence-corrected chi connectivity index (χ2v) is 12.6. The number of carbonyl (C=O) groups excluding carboxylic acids is 3. The Bertz CT molecular complexity index is 1300. The number of carbonyl (C=O) groups is 3. The molecule has 0 spiro atoms. The fourth-order valence-electron chi connectivity index (χ4n) is 7.49. The second kappa shape index (κ2) is 9.67. The molecule has 6 nitrogen and oxygen atoms in total. The van der Waals surface area contributed by atoms with Crippen LogP contribution in [0, 0.1) is 17.8 Å². The molecule has 198 valence electrons. The standard InChI is InChI=1S/C31H33BrN2O4/c1-3-18(2)38-27-9-4-19(14-26(27)32)13-25-28(35)33-30(37)34(29(25)36)24-7-5-23(6-8-24)31-15-20-10-21(16-31)12-22(11-20)17-31/h4-9,13-14,18,20-22H,3,10-12,15-17H2,1-2H3,(H,33,35,37)/b25-13+/t18-,20?,21?,22?,31?/m0/s1. The first kappa shape index (κ1) is 25.4. The lowest BCUT2D eigenvalue weighted by atomic mass is 9.48. The lowest BCUT2D eigenvalue weighted by molar-refractivity contribution is -0.122. The summed E-state index contributed by atoms with van der Waals surface area (Å²) in [5.74, 6) is 1.88. The van der Waals surface area contributed by atoms with Crippen molar-refractivity contribution in [2.24, 2.45) is 17.8 Å². The minimum atomic E-state index is -0.724. The third-order valence-corrected chi connectivity index (χ3v) is 9.67. The van der Waals surface area contributed by atoms with Crippen LogP contribution in [0.25, 0.3) is 6.08 Å². The SMILES string of the molecule is CC[C@H](C)Oc1ccc(/C=C2\C(=O)NC(=O)N(c3ccc(C45CC6CC(CC(C6)C4)C5)cc3)C2=O)cc1Br. The average Bonchev–Trinajstić information content (AvgIpc) is 2.87. The summed E-state index contributed by atoms with van der Waals surface area (Å²) < 4.78 is 6.62. The van der Waals surface area contributed by atoms with Gasteiger partial charge in [-0.05, 0) is 132 Å². The molecule has 0 aromatic heterocycles. The first-order valence-corrected chi connectivity index (χ1v) is 14.5. The minimum absolute atomic E-state index is 0.0649. The Morgan fingerprint density at radius 3 is 2.24 bits per heavy atom. The molecule has 1 aliphatic heterocycles. The van der Waals surface area contributed by atoms with Crippen LogP contribution in [0.4, 0.5) is 10.5 Å². The van der Waals surface area contributed by atoms with E-state index < -0.39 is 17.8 Å². The number of imide groups is 2. The Labute approximate surface area is 231 Å². The number of rotatable bonds is 6. The lowest BCUT2D eigenvalue weighted by Gasteiger charge is -2.57. The van der Waals surface area contributed by atoms with E-state index in [2.05, 4.69) is 33.4 Å². The van der Waals surface area contributed by atoms with Crippen LogP contribution in [0.5, 0.6) is 5.75 Å². The highest BCUT2D eigenvalue weighted by atomic mass is 79.9. The third kappa shape index (κ3) is 4.49. The molecular weight excluding hydrogens is 544 g/mol. The van der Waals surface area contributed by atoms with Gasteiger partial charge < -0.3 is 4.74 Å². The van der Waals surface area contributed by atoms with Gasteiger partial charge >= 0.3 is 6.03 Å². The molecule has 1 atom stereocenters. The van der Waals surface area contributed by atoms with E-state index in [4.69, 9.17) is 4.74 Å². The highest BCUT2D eigenvalue weighted by Gasteiger charge is 2.51. The lowest BCUT2D eigenvalue weighted by Crippen LogP contribution is -2.54. The quantitative estimate of drug-likeness (QED) is 0.304. The van der Waals surface area contributed by atoms with E-state index in [-0.39, 0.29) is 17.1 Å². The van der Waals surface area contributed by atoms with E-state index in [9.17, 15) is 14.4 Å². The molecule has 38 heavy (non-hydrogen) atoms. The number of barbiturate groups is 1. The van der Waals surface area contributed by atoms with Crippen molar-refractivity contribution >= 4 is 45.5 Å². The van der Waals surface area contributed by atoms with Crippen LogP contribution in [-0.2, 0) is 15.0 Å². The maximum Gasteiger partial charge on any atom is 0.335 e. The van der Waals surface area contributed by atoms with E-state index in [0.29, 0.717) is 17.0 Å². The van der Waals surface area contributed by atoms with E-state index >= 15 is 0 Å². The molecule has 5 aliphatic rings. The van der Waals surface area contributed by atoms with Crippen molar-refractivity contribution in [2.75, 3.05) is 4.90 Å². The van der Waals surface area contributed by atoms with Gasteiger partial charge in [0.1, 0.15) is 11.3 Å². The molecule has 0 unspecified atom stereocenters. The van der Waals surface area contributed by atoms with Crippen molar-refractivity contribution in [3.05, 3.63) is 63.6 Å². The number of halogens is 1. The molecule has 2 aromatic rings. The molecule has 1 heterocycles. The van der Waals surface area contributed by atoms with Crippen molar-refractivity contribution in [3.8, 4) is 5.75 Å². The van der Waals surface area contributed by atoms with Crippen LogP contribution in [0.15, 0.2) is 52.5 Å². The van der Waals surface area contributed by atoms with Crippen LogP contribution in [0.3, 0.4) is 0 Å². The highest BCUT2D eigenvalue weighted by Crippen LogP contribution is 2.60. The summed E-state index contributed by atoms with van der Waals surface area (Å²) in [6, 6.07) is 12.6. The summed E-state index contributed by atoms with van der Waals surface area (Å²) in [6.45, 7) is 4.04. The number of benzene rings is 2. The van der Waals surface area contributed by atoms with Crippen molar-refractivity contribution in [2.45, 2.75) is 70.3 Å². The van der Waals surface area contributed by atoms with Gasteiger partial charge in [0.2, 0.25) is 0 Å². The molecule has 2 aromatic carbocycles. The summed E-state index contributed by atoms with van der Waals surface area (Å²) in [5, 5.41) is 2.33. The summed E-state index contributed by atoms with van der Waals surface area (Å²) >= 11 is 3.52. The number of nitrogens with zero attached hydrogens (tertiary/aromatic N) is 1. The van der Waals surface area contributed by atoms with Crippen molar-refractivity contribution < 1.29 is 19.1 Å². The monoisotopic (exact) mass is 576 g/mol. The predicted octanol–water partition coefficient (Wildman–Crippen LogP) is 6.76. The van der Waals surface area contributed by atoms with Crippen LogP contribution in [0.2, 0.25) is 0 Å². The normalized spacial score (nSPS) is 30.1. The Kier molecular flexibility index (Phi) is 6.45. The second-order valence-electron chi connectivity index (χ2n) is 11.7. The number of anilines is 1. The number of amides is 4. The van der Waals surface area contributed by atoms with Gasteiger partial charge in [-0.15, -0.1) is 0 Å². The fraction of sp³-hybridized carbons (Fsp3) is 0.452. The van der Waals surface area contributed by atoms with E-state index in [1.807, 2.05) is 26.0 Å². The van der Waals surface area contributed by atoms with Gasteiger partial charge in [0.15, 0.2) is 0 Å². The number of urea groups is 1. The maximum absolute atomic E-state index is 13.4. The molecule has 1 saturated heterocycles. The maximum atomic E-state index is 13.4. The topological polar surface area (TPSA) is 75.7 Å². The van der Waals surface area contributed by atoms with Gasteiger partial charge in [-0.1, -0.05) is 25.1 Å². The largest absolute Gasteiger partial charge is 0.490 e. The molecule has 7 heteroatoms. The van der Waals surface area contributed by atoms with Gasteiger partial charge in [-0.3, -0.25) is 14.9 Å². The molecule has 4 saturated carbocycles. The number of hydrogen-bond acceptors (Lipinski definition) is 4. The van der Waals surface area contributed by atoms with Crippen LogP contribution >= 0.6 is 15.9 Å². The molecule has 4 aliphatic carbocycles. The minimum Gasteiger partial charge on any atom is -0.490 e. The number of nitrogens with one attached hydrogen (secondary N) is 1. The van der Waals surface area contributed by atoms with E-state index in [1.54, 1.807) is 18.2 Å². The molecule has 4 amide bonds. The smallest absolute Gasteiger partial charge is 0.335 e. The predicted molar refractivity (Wildman–Crippen MR) is 150 cm³/mol. The van der Waals surface area contributed by atoms with Gasteiger partial charge in [0.05, 0.1) is 16.3 Å². The van der Waals surface area contributed by atoms with Gasteiger partial charge in [0, 0.05) is 0 Å². The summed E-state index contributed by atoms with van der Waals surface area (Å²) in [6.07, 6.45) is 10.3. The average molecular weight is 578 g/mol. The Balaban J connectivity index is 1.25. The summed E-state index contributed by atoms with van der Waals surface area (Å²) in [7, 11) is 0. The Morgan fingerprint density at radius 2 is 1.66 bits per heavy atom. The zero-order valence-electron chi connectivity index (χ0n) is 21.8. The van der Waals surface area contributed by atoms with Crippen molar-refractivity contribution in [3.63, 3.8) is 0 Å². The van der Waals surface area contributed by atoms with Crippen LogP contribution in [0.1, 0.15) is 69.9 Å². The van der Waals surface area contributed by atoms with Crippen molar-refractivity contribution in [1.29, 1.82) is 0 Å². The Morgan fingerprint density at radius 1 is 1.03 bits per heavy atom. The first-order chi connectivity index (χ1) is 18.2. The van der Waals surface area contributed by atoms with Gasteiger partial charge in [-0.2, -0.15) is 0 Å². The first-order valence-electron chi connectivity index (χ1n) is 13.7. The molecule has 5 fully saturated rings. The molecule has 7 rings (SSSR count). The van der Waals surface area contributed by atoms with Crippen molar-refractivity contribution in [1.82, 2.24) is 5.32 Å². The van der Waals surface area contributed by atoms with E-state index in [1.165, 1.54) is 50.2 Å². The zero-order chi connectivity index (χ0) is 26.6. The molecular formula is C31H33BrN2O4. The van der Waals surface area contributed by atoms with Gasteiger partial charge in [-0.25, -0.2) is 9.69 Å². The summed E-state index contributed by atoms with van der Waals surface area (Å²) in [4.78, 5) is 39.9. The number of hydrogen-bond donors (Lipinski definition) is 1. The fourth-order valence-corrected chi connectivity index (χ4v) is 7.98. The third-order valence-electron chi connectivity index (χ3n) is 9.05. The Hall–Kier alpha value is -2.93. The van der Waals surface area contributed by atoms with Gasteiger partial charge in [0.25, 0.3) is 11.8 Å². The zero-order valence-corrected chi connectivity index (χ0v) is 23.4. The van der Waals surface area contributed by atoms with E-state index in [0.717, 1.165) is 33.5 Å². The molecule has 4 bridgehead atoms. The summed E-state index contributed by atoms with van der Waals surface area (Å²) in [5.41, 5.74) is 2.59. The highest BCUT2D eigenvalue weighted by molar-refractivity contribution is 9.10.